The molecule has 1 amide bonds. The smallest absolute Gasteiger partial charge is 0.288 e. The van der Waals surface area contributed by atoms with E-state index >= 15 is 0 Å². The molecule has 2 N–H and O–H groups in total. The first-order valence-corrected chi connectivity index (χ1v) is 13.6. The van der Waals surface area contributed by atoms with Crippen molar-refractivity contribution in [3.63, 3.8) is 0 Å². The van der Waals surface area contributed by atoms with Gasteiger partial charge in [-0.2, -0.15) is 8.78 Å². The van der Waals surface area contributed by atoms with Gasteiger partial charge in [0.05, 0.1) is 23.0 Å². The number of nitrogens with one attached hydrogen (secondary N) is 1. The summed E-state index contributed by atoms with van der Waals surface area (Å²) in [6.45, 7) is 1.88. The summed E-state index contributed by atoms with van der Waals surface area (Å²) in [5.41, 5.74) is -4.94. The summed E-state index contributed by atoms with van der Waals surface area (Å²) in [6.07, 6.45) is -4.71. The zero-order valence-corrected chi connectivity index (χ0v) is 24.2. The fourth-order valence-electron chi connectivity index (χ4n) is 4.78. The Balaban J connectivity index is 1.70. The number of aliphatic hydroxyl groups is 1. The first-order chi connectivity index (χ1) is 19.9. The number of hydrogen-bond donors (Lipinski definition) is 2. The van der Waals surface area contributed by atoms with E-state index in [9.17, 15) is 45.0 Å². The van der Waals surface area contributed by atoms with E-state index in [2.05, 4.69) is 38.1 Å². The van der Waals surface area contributed by atoms with Gasteiger partial charge in [-0.15, -0.1) is 0 Å². The first kappa shape index (κ1) is 32.5. The highest BCUT2D eigenvalue weighted by Crippen LogP contribution is 2.53. The minimum Gasteiger partial charge on any atom is -0.378 e. The highest BCUT2D eigenvalue weighted by atomic mass is 79.9. The standard InChI is InChI=1S/C29H24BrF8N3O2/c1-27(2,43)4-3-15-9-20(30)24(39-12-15)21(10-16-7-17(31)11-18(32)8-16)40-22(42)14-41-13-19(26(33)34)23-25(41)29(37,38)6-5-28(23,35)36/h7-9,11-13,21,26,43H,5-6,10,14H2,1-2H3,(H,40,42)/t21-/m0/s1. The molecule has 0 saturated heterocycles. The van der Waals surface area contributed by atoms with Crippen LogP contribution in [0.2, 0.25) is 0 Å². The lowest BCUT2D eigenvalue weighted by Crippen LogP contribution is -2.36. The Labute approximate surface area is 249 Å². The molecule has 0 bridgehead atoms. The Bertz CT molecular complexity index is 1590. The average molecular weight is 678 g/mol. The molecule has 0 spiro atoms. The predicted octanol–water partition coefficient (Wildman–Crippen LogP) is 7.06. The number of carbonyl (C=O) groups is 1. The van der Waals surface area contributed by atoms with E-state index in [0.717, 1.165) is 12.1 Å². The molecule has 0 unspecified atom stereocenters. The molecule has 3 aromatic rings. The number of halogens is 9. The molecule has 2 heterocycles. The third-order valence-corrected chi connectivity index (χ3v) is 7.17. The van der Waals surface area contributed by atoms with Crippen LogP contribution in [0.5, 0.6) is 0 Å². The van der Waals surface area contributed by atoms with Crippen LogP contribution in [0.1, 0.15) is 72.8 Å². The second-order valence-electron chi connectivity index (χ2n) is 10.6. The number of amides is 1. The van der Waals surface area contributed by atoms with Gasteiger partial charge >= 0.3 is 0 Å². The van der Waals surface area contributed by atoms with Crippen LogP contribution < -0.4 is 5.32 Å². The quantitative estimate of drug-likeness (QED) is 0.208. The Morgan fingerprint density at radius 2 is 1.74 bits per heavy atom. The number of aromatic nitrogens is 2. The van der Waals surface area contributed by atoms with Crippen LogP contribution in [-0.2, 0) is 29.6 Å². The minimum atomic E-state index is -3.96. The summed E-state index contributed by atoms with van der Waals surface area (Å²) in [7, 11) is 0. The fourth-order valence-corrected chi connectivity index (χ4v) is 5.40. The van der Waals surface area contributed by atoms with Gasteiger partial charge in [-0.1, -0.05) is 11.8 Å². The molecule has 14 heteroatoms. The Morgan fingerprint density at radius 1 is 1.12 bits per heavy atom. The van der Waals surface area contributed by atoms with E-state index in [0.29, 0.717) is 22.4 Å². The highest BCUT2D eigenvalue weighted by Gasteiger charge is 2.54. The molecule has 5 nitrogen and oxygen atoms in total. The summed E-state index contributed by atoms with van der Waals surface area (Å²) >= 11 is 3.30. The number of carbonyl (C=O) groups excluding carboxylic acids is 1. The van der Waals surface area contributed by atoms with Gasteiger partial charge in [-0.25, -0.2) is 26.3 Å². The Kier molecular flexibility index (Phi) is 9.00. The average Bonchev–Trinajstić information content (AvgIpc) is 3.26. The van der Waals surface area contributed by atoms with Crippen molar-refractivity contribution in [2.24, 2.45) is 0 Å². The van der Waals surface area contributed by atoms with E-state index < -0.39 is 83.7 Å². The van der Waals surface area contributed by atoms with Gasteiger partial charge in [0.25, 0.3) is 18.3 Å². The van der Waals surface area contributed by atoms with Crippen molar-refractivity contribution in [1.29, 1.82) is 0 Å². The van der Waals surface area contributed by atoms with Crippen LogP contribution in [0.25, 0.3) is 0 Å². The van der Waals surface area contributed by atoms with Gasteiger partial charge < -0.3 is 15.0 Å². The monoisotopic (exact) mass is 677 g/mol. The van der Waals surface area contributed by atoms with Crippen molar-refractivity contribution in [3.05, 3.63) is 86.4 Å². The van der Waals surface area contributed by atoms with Gasteiger partial charge in [0.15, 0.2) is 0 Å². The molecular formula is C29H24BrF8N3O2. The molecule has 230 valence electrons. The maximum absolute atomic E-state index is 14.8. The second kappa shape index (κ2) is 11.9. The van der Waals surface area contributed by atoms with Crippen molar-refractivity contribution in [1.82, 2.24) is 14.9 Å². The molecule has 0 aliphatic heterocycles. The van der Waals surface area contributed by atoms with Crippen LogP contribution in [0.3, 0.4) is 0 Å². The molecule has 0 radical (unpaired) electrons. The molecular weight excluding hydrogens is 654 g/mol. The van der Waals surface area contributed by atoms with E-state index in [1.165, 1.54) is 26.1 Å². The molecule has 43 heavy (non-hydrogen) atoms. The number of rotatable bonds is 7. The van der Waals surface area contributed by atoms with Crippen molar-refractivity contribution >= 4 is 21.8 Å². The van der Waals surface area contributed by atoms with Gasteiger partial charge in [-0.05, 0) is 60.0 Å². The number of nitrogens with zero attached hydrogens (tertiary/aromatic N) is 2. The van der Waals surface area contributed by atoms with Crippen LogP contribution in [-0.4, -0.2) is 26.2 Å². The first-order valence-electron chi connectivity index (χ1n) is 12.8. The third kappa shape index (κ3) is 7.56. The van der Waals surface area contributed by atoms with Crippen molar-refractivity contribution in [2.45, 2.75) is 69.6 Å². The molecule has 0 saturated carbocycles. The highest BCUT2D eigenvalue weighted by molar-refractivity contribution is 9.10. The number of alkyl halides is 6. The minimum absolute atomic E-state index is 0.0758. The van der Waals surface area contributed by atoms with E-state index in [1.807, 2.05) is 0 Å². The molecule has 0 fully saturated rings. The molecule has 4 rings (SSSR count). The number of hydrogen-bond acceptors (Lipinski definition) is 3. The summed E-state index contributed by atoms with van der Waals surface area (Å²) in [5.74, 6) is -5.44. The van der Waals surface area contributed by atoms with Crippen LogP contribution >= 0.6 is 15.9 Å². The van der Waals surface area contributed by atoms with Crippen molar-refractivity contribution in [3.8, 4) is 11.8 Å². The lowest BCUT2D eigenvalue weighted by atomic mass is 9.88. The van der Waals surface area contributed by atoms with Gasteiger partial charge in [0.2, 0.25) is 5.91 Å². The Hall–Kier alpha value is -3.44. The summed E-state index contributed by atoms with van der Waals surface area (Å²) < 4.78 is 115. The second-order valence-corrected chi connectivity index (χ2v) is 11.5. The lowest BCUT2D eigenvalue weighted by Gasteiger charge is -2.31. The van der Waals surface area contributed by atoms with Crippen LogP contribution in [0.15, 0.2) is 41.1 Å². The topological polar surface area (TPSA) is 67.2 Å². The number of pyridine rings is 1. The summed E-state index contributed by atoms with van der Waals surface area (Å²) in [4.78, 5) is 17.4. The van der Waals surface area contributed by atoms with Crippen LogP contribution in [0.4, 0.5) is 35.1 Å². The Morgan fingerprint density at radius 3 is 2.33 bits per heavy atom. The normalized spacial score (nSPS) is 16.3. The SMILES string of the molecule is CC(C)(O)C#Cc1cnc([C@H](Cc2cc(F)cc(F)c2)NC(=O)Cn2cc(C(F)F)c3c2C(F)(F)CCC3(F)F)c(Br)c1. The molecule has 2 aromatic heterocycles. The third-order valence-electron chi connectivity index (χ3n) is 6.53. The molecule has 1 atom stereocenters. The summed E-state index contributed by atoms with van der Waals surface area (Å²) in [6, 6.07) is 2.96. The van der Waals surface area contributed by atoms with Gasteiger partial charge in [0.1, 0.15) is 23.8 Å². The maximum atomic E-state index is 14.8. The summed E-state index contributed by atoms with van der Waals surface area (Å²) in [5, 5.41) is 12.3. The van der Waals surface area contributed by atoms with Gasteiger partial charge in [0, 0.05) is 46.9 Å². The fraction of sp³-hybridized carbons (Fsp3) is 0.379. The van der Waals surface area contributed by atoms with Crippen molar-refractivity contribution < 1.29 is 45.0 Å². The zero-order chi connectivity index (χ0) is 31.9. The molecule has 1 aromatic carbocycles. The largest absolute Gasteiger partial charge is 0.378 e. The number of fused-ring (bicyclic) bond motifs is 1. The predicted molar refractivity (Wildman–Crippen MR) is 142 cm³/mol. The molecule has 1 aliphatic carbocycles. The van der Waals surface area contributed by atoms with Crippen molar-refractivity contribution in [2.75, 3.05) is 0 Å². The number of benzene rings is 1. The van der Waals surface area contributed by atoms with Gasteiger partial charge in [-0.3, -0.25) is 9.78 Å². The molecule has 1 aliphatic rings. The lowest BCUT2D eigenvalue weighted by molar-refractivity contribution is -0.123. The van der Waals surface area contributed by atoms with E-state index in [1.54, 1.807) is 0 Å². The van der Waals surface area contributed by atoms with Crippen LogP contribution in [0, 0.1) is 23.5 Å². The zero-order valence-electron chi connectivity index (χ0n) is 22.6. The maximum Gasteiger partial charge on any atom is 0.288 e. The van der Waals surface area contributed by atoms with E-state index in [4.69, 9.17) is 0 Å². The van der Waals surface area contributed by atoms with E-state index in [-0.39, 0.29) is 22.2 Å².